The number of rotatable bonds is 2. The third kappa shape index (κ3) is 3.30. The Morgan fingerprint density at radius 2 is 2.43 bits per heavy atom. The first-order valence-corrected chi connectivity index (χ1v) is 4.73. The summed E-state index contributed by atoms with van der Waals surface area (Å²) in [5.74, 6) is 0. The third-order valence-electron chi connectivity index (χ3n) is 1.52. The van der Waals surface area contributed by atoms with E-state index >= 15 is 0 Å². The molecule has 1 atom stereocenters. The van der Waals surface area contributed by atoms with E-state index in [0.717, 1.165) is 0 Å². The summed E-state index contributed by atoms with van der Waals surface area (Å²) >= 11 is 5.84. The van der Waals surface area contributed by atoms with E-state index in [1.54, 1.807) is 32.3 Å². The van der Waals surface area contributed by atoms with Crippen molar-refractivity contribution in [3.05, 3.63) is 23.5 Å². The molecule has 0 saturated heterocycles. The maximum Gasteiger partial charge on any atom is 0.408 e. The van der Waals surface area contributed by atoms with E-state index in [2.05, 4.69) is 10.6 Å². The van der Waals surface area contributed by atoms with E-state index in [-0.39, 0.29) is 12.1 Å². The van der Waals surface area contributed by atoms with Crippen molar-refractivity contribution in [3.8, 4) is 0 Å². The molecule has 1 heterocycles. The van der Waals surface area contributed by atoms with Gasteiger partial charge in [-0.3, -0.25) is 0 Å². The molecule has 0 fully saturated rings. The largest absolute Gasteiger partial charge is 0.447 e. The second kappa shape index (κ2) is 4.91. The molecule has 0 aromatic carbocycles. The summed E-state index contributed by atoms with van der Waals surface area (Å²) in [6.45, 7) is 3.57. The van der Waals surface area contributed by atoms with E-state index in [9.17, 15) is 4.79 Å². The van der Waals surface area contributed by atoms with E-state index in [1.165, 1.54) is 0 Å². The SMILES string of the molecule is CC(C)OC(=O)NC1C=CNC=C1Cl. The fraction of sp³-hybridized carbons (Fsp3) is 0.444. The summed E-state index contributed by atoms with van der Waals surface area (Å²) in [6, 6.07) is -0.302. The smallest absolute Gasteiger partial charge is 0.408 e. The molecule has 1 aliphatic rings. The van der Waals surface area contributed by atoms with Gasteiger partial charge < -0.3 is 15.4 Å². The van der Waals surface area contributed by atoms with E-state index < -0.39 is 6.09 Å². The molecular formula is C9H13ClN2O2. The predicted octanol–water partition coefficient (Wildman–Crippen LogP) is 1.69. The molecule has 0 radical (unpaired) electrons. The molecule has 1 rings (SSSR count). The van der Waals surface area contributed by atoms with Gasteiger partial charge in [-0.25, -0.2) is 4.79 Å². The highest BCUT2D eigenvalue weighted by Crippen LogP contribution is 2.11. The molecule has 0 aromatic heterocycles. The average molecular weight is 217 g/mol. The zero-order valence-electron chi connectivity index (χ0n) is 8.08. The molecule has 2 N–H and O–H groups in total. The summed E-state index contributed by atoms with van der Waals surface area (Å²) in [5.41, 5.74) is 0. The second-order valence-electron chi connectivity index (χ2n) is 3.13. The molecule has 5 heteroatoms. The Bertz CT molecular complexity index is 274. The fourth-order valence-corrected chi connectivity index (χ4v) is 1.14. The van der Waals surface area contributed by atoms with Gasteiger partial charge in [0.2, 0.25) is 0 Å². The second-order valence-corrected chi connectivity index (χ2v) is 3.57. The van der Waals surface area contributed by atoms with Gasteiger partial charge in [0, 0.05) is 6.20 Å². The molecule has 1 unspecified atom stereocenters. The van der Waals surface area contributed by atoms with Crippen molar-refractivity contribution >= 4 is 17.7 Å². The first kappa shape index (κ1) is 10.9. The van der Waals surface area contributed by atoms with Gasteiger partial charge in [0.05, 0.1) is 17.2 Å². The van der Waals surface area contributed by atoms with Gasteiger partial charge in [0.25, 0.3) is 0 Å². The van der Waals surface area contributed by atoms with Crippen LogP contribution in [0.15, 0.2) is 23.5 Å². The highest BCUT2D eigenvalue weighted by Gasteiger charge is 2.15. The van der Waals surface area contributed by atoms with Crippen LogP contribution >= 0.6 is 11.6 Å². The van der Waals surface area contributed by atoms with Crippen LogP contribution < -0.4 is 10.6 Å². The Morgan fingerprint density at radius 1 is 1.71 bits per heavy atom. The molecule has 0 saturated carbocycles. The predicted molar refractivity (Wildman–Crippen MR) is 54.8 cm³/mol. The van der Waals surface area contributed by atoms with Crippen molar-refractivity contribution in [2.45, 2.75) is 26.0 Å². The maximum atomic E-state index is 11.2. The number of hydrogen-bond donors (Lipinski definition) is 2. The lowest BCUT2D eigenvalue weighted by Crippen LogP contribution is -2.37. The summed E-state index contributed by atoms with van der Waals surface area (Å²) in [4.78, 5) is 11.2. The lowest BCUT2D eigenvalue weighted by atomic mass is 10.2. The fourth-order valence-electron chi connectivity index (χ4n) is 0.953. The third-order valence-corrected chi connectivity index (χ3v) is 1.86. The Labute approximate surface area is 88.0 Å². The van der Waals surface area contributed by atoms with Crippen molar-refractivity contribution in [1.29, 1.82) is 0 Å². The van der Waals surface area contributed by atoms with Crippen LogP contribution in [0.3, 0.4) is 0 Å². The number of hydrogen-bond acceptors (Lipinski definition) is 3. The first-order chi connectivity index (χ1) is 6.59. The van der Waals surface area contributed by atoms with Crippen LogP contribution in [0.4, 0.5) is 4.79 Å². The van der Waals surface area contributed by atoms with E-state index in [4.69, 9.17) is 16.3 Å². The lowest BCUT2D eigenvalue weighted by molar-refractivity contribution is 0.115. The molecule has 1 aliphatic heterocycles. The molecule has 0 spiro atoms. The van der Waals surface area contributed by atoms with Crippen LogP contribution in [-0.4, -0.2) is 18.2 Å². The molecule has 1 amide bonds. The Morgan fingerprint density at radius 3 is 3.00 bits per heavy atom. The number of alkyl carbamates (subject to hydrolysis) is 1. The topological polar surface area (TPSA) is 50.4 Å². The Balaban J connectivity index is 2.43. The lowest BCUT2D eigenvalue weighted by Gasteiger charge is -2.18. The summed E-state index contributed by atoms with van der Waals surface area (Å²) in [7, 11) is 0. The maximum absolute atomic E-state index is 11.2. The molecule has 0 aliphatic carbocycles. The Kier molecular flexibility index (Phi) is 3.83. The quantitative estimate of drug-likeness (QED) is 0.739. The molecular weight excluding hydrogens is 204 g/mol. The molecule has 14 heavy (non-hydrogen) atoms. The zero-order valence-corrected chi connectivity index (χ0v) is 8.84. The van der Waals surface area contributed by atoms with E-state index in [0.29, 0.717) is 5.03 Å². The molecule has 0 bridgehead atoms. The van der Waals surface area contributed by atoms with Gasteiger partial charge in [-0.15, -0.1) is 0 Å². The van der Waals surface area contributed by atoms with Gasteiger partial charge >= 0.3 is 6.09 Å². The van der Waals surface area contributed by atoms with Crippen molar-refractivity contribution in [2.24, 2.45) is 0 Å². The van der Waals surface area contributed by atoms with Crippen LogP contribution in [0.2, 0.25) is 0 Å². The minimum Gasteiger partial charge on any atom is -0.447 e. The van der Waals surface area contributed by atoms with Crippen LogP contribution in [0, 0.1) is 0 Å². The first-order valence-electron chi connectivity index (χ1n) is 4.35. The van der Waals surface area contributed by atoms with Gasteiger partial charge in [-0.1, -0.05) is 11.6 Å². The van der Waals surface area contributed by atoms with Gasteiger partial charge in [0.15, 0.2) is 0 Å². The molecule has 78 valence electrons. The van der Waals surface area contributed by atoms with Crippen LogP contribution in [0.25, 0.3) is 0 Å². The highest BCUT2D eigenvalue weighted by molar-refractivity contribution is 6.30. The van der Waals surface area contributed by atoms with Gasteiger partial charge in [-0.05, 0) is 26.1 Å². The Hall–Kier alpha value is -1.16. The van der Waals surface area contributed by atoms with Crippen LogP contribution in [0.5, 0.6) is 0 Å². The number of nitrogens with one attached hydrogen (secondary N) is 2. The number of ether oxygens (including phenoxy) is 1. The minimum atomic E-state index is -0.469. The number of halogens is 1. The average Bonchev–Trinajstić information content (AvgIpc) is 2.07. The summed E-state index contributed by atoms with van der Waals surface area (Å²) in [6.07, 6.45) is 4.45. The van der Waals surface area contributed by atoms with Crippen molar-refractivity contribution < 1.29 is 9.53 Å². The number of carbonyl (C=O) groups excluding carboxylic acids is 1. The standard InChI is InChI=1S/C9H13ClN2O2/c1-6(2)14-9(13)12-8-3-4-11-5-7(8)10/h3-6,8,11H,1-2H3,(H,12,13). The van der Waals surface area contributed by atoms with E-state index in [1.807, 2.05) is 0 Å². The summed E-state index contributed by atoms with van der Waals surface area (Å²) in [5, 5.41) is 5.95. The molecule has 4 nitrogen and oxygen atoms in total. The van der Waals surface area contributed by atoms with Crippen LogP contribution in [-0.2, 0) is 4.74 Å². The van der Waals surface area contributed by atoms with Crippen molar-refractivity contribution in [2.75, 3.05) is 0 Å². The van der Waals surface area contributed by atoms with Crippen LogP contribution in [0.1, 0.15) is 13.8 Å². The van der Waals surface area contributed by atoms with Crippen molar-refractivity contribution in [3.63, 3.8) is 0 Å². The monoisotopic (exact) mass is 216 g/mol. The summed E-state index contributed by atoms with van der Waals surface area (Å²) < 4.78 is 4.91. The molecule has 0 aromatic rings. The normalized spacial score (nSPS) is 20.0. The van der Waals surface area contributed by atoms with Gasteiger partial charge in [0.1, 0.15) is 0 Å². The number of dihydropyridines is 1. The number of carbonyl (C=O) groups is 1. The highest BCUT2D eigenvalue weighted by atomic mass is 35.5. The van der Waals surface area contributed by atoms with Crippen molar-refractivity contribution in [1.82, 2.24) is 10.6 Å². The number of amides is 1. The minimum absolute atomic E-state index is 0.136. The zero-order chi connectivity index (χ0) is 10.6. The van der Waals surface area contributed by atoms with Gasteiger partial charge in [-0.2, -0.15) is 0 Å².